The number of ketones is 1. The van der Waals surface area contributed by atoms with Crippen LogP contribution in [0.1, 0.15) is 34.6 Å². The minimum absolute atomic E-state index is 0.0111. The summed E-state index contributed by atoms with van der Waals surface area (Å²) < 4.78 is 0. The van der Waals surface area contributed by atoms with Gasteiger partial charge < -0.3 is 10.6 Å². The molecule has 0 rings (SSSR count). The largest absolute Gasteiger partial charge is 0.348 e. The third-order valence-corrected chi connectivity index (χ3v) is 1.14. The van der Waals surface area contributed by atoms with Crippen LogP contribution in [-0.4, -0.2) is 30.7 Å². The molecule has 0 aliphatic carbocycles. The molecule has 0 saturated carbocycles. The normalized spacial score (nSPS) is 7.35. The first-order valence-corrected chi connectivity index (χ1v) is 5.72. The fraction of sp³-hybridized carbons (Fsp3) is 0.583. The molecule has 0 saturated heterocycles. The number of amides is 2. The summed E-state index contributed by atoms with van der Waals surface area (Å²) in [4.78, 5) is 31.9. The van der Waals surface area contributed by atoms with Gasteiger partial charge in [-0.1, -0.05) is 34.3 Å². The molecule has 0 atom stereocenters. The first kappa shape index (κ1) is 20.7. The lowest BCUT2D eigenvalue weighted by molar-refractivity contribution is -0.125. The van der Waals surface area contributed by atoms with Crippen molar-refractivity contribution in [3.05, 3.63) is 12.7 Å². The number of carbonyl (C=O) groups excluding carboxylic acids is 3. The molecule has 2 N–H and O–H groups in total. The monoisotopic (exact) mass is 244 g/mol. The highest BCUT2D eigenvalue weighted by molar-refractivity contribution is 5.91. The first-order chi connectivity index (χ1) is 8.06. The van der Waals surface area contributed by atoms with Crippen LogP contribution in [0.3, 0.4) is 0 Å². The van der Waals surface area contributed by atoms with Gasteiger partial charge in [0.05, 0.1) is 13.1 Å². The second-order valence-electron chi connectivity index (χ2n) is 2.40. The Hall–Kier alpha value is -1.65. The fourth-order valence-corrected chi connectivity index (χ4v) is 0.525. The highest BCUT2D eigenvalue weighted by Gasteiger charge is 2.02. The number of rotatable bonds is 5. The highest BCUT2D eigenvalue weighted by Crippen LogP contribution is 1.69. The first-order valence-electron chi connectivity index (χ1n) is 5.72. The van der Waals surface area contributed by atoms with Crippen molar-refractivity contribution in [2.24, 2.45) is 0 Å². The van der Waals surface area contributed by atoms with Crippen LogP contribution in [0.25, 0.3) is 0 Å². The zero-order chi connectivity index (χ0) is 14.3. The van der Waals surface area contributed by atoms with Gasteiger partial charge in [0.15, 0.2) is 0 Å². The van der Waals surface area contributed by atoms with Gasteiger partial charge in [-0.2, -0.15) is 0 Å². The van der Waals surface area contributed by atoms with Gasteiger partial charge in [-0.3, -0.25) is 14.4 Å². The van der Waals surface area contributed by atoms with Crippen LogP contribution < -0.4 is 10.6 Å². The van der Waals surface area contributed by atoms with Crippen molar-refractivity contribution < 1.29 is 14.4 Å². The molecular weight excluding hydrogens is 220 g/mol. The summed E-state index contributed by atoms with van der Waals surface area (Å²) in [6.07, 6.45) is 1.07. The Morgan fingerprint density at radius 2 is 1.47 bits per heavy atom. The zero-order valence-electron chi connectivity index (χ0n) is 11.4. The third-order valence-electron chi connectivity index (χ3n) is 1.14. The van der Waals surface area contributed by atoms with Crippen LogP contribution >= 0.6 is 0 Å². The van der Waals surface area contributed by atoms with Crippen LogP contribution in [0.4, 0.5) is 0 Å². The summed E-state index contributed by atoms with van der Waals surface area (Å²) in [6.45, 7) is 12.4. The maximum atomic E-state index is 10.9. The van der Waals surface area contributed by atoms with Crippen molar-refractivity contribution in [3.63, 3.8) is 0 Å². The Balaban J connectivity index is -0.000000439. The molecule has 100 valence electrons. The molecule has 0 radical (unpaired) electrons. The zero-order valence-corrected chi connectivity index (χ0v) is 11.4. The van der Waals surface area contributed by atoms with E-state index in [2.05, 4.69) is 17.2 Å². The van der Waals surface area contributed by atoms with Crippen molar-refractivity contribution in [2.45, 2.75) is 34.6 Å². The molecule has 0 aliphatic rings. The van der Waals surface area contributed by atoms with Crippen molar-refractivity contribution in [2.75, 3.05) is 13.1 Å². The summed E-state index contributed by atoms with van der Waals surface area (Å²) in [5.74, 6) is -0.952. The molecule has 0 fully saturated rings. The van der Waals surface area contributed by atoms with E-state index in [1.807, 2.05) is 27.7 Å². The Kier molecular flexibility index (Phi) is 20.4. The Labute approximate surface area is 104 Å². The summed E-state index contributed by atoms with van der Waals surface area (Å²) in [6, 6.07) is 0. The average Bonchev–Trinajstić information content (AvgIpc) is 2.38. The van der Waals surface area contributed by atoms with Gasteiger partial charge in [0.1, 0.15) is 5.78 Å². The third kappa shape index (κ3) is 20.4. The van der Waals surface area contributed by atoms with Crippen LogP contribution in [0.5, 0.6) is 0 Å². The van der Waals surface area contributed by atoms with E-state index in [-0.39, 0.29) is 18.9 Å². The summed E-state index contributed by atoms with van der Waals surface area (Å²) in [5, 5.41) is 4.60. The van der Waals surface area contributed by atoms with E-state index in [0.29, 0.717) is 0 Å². The van der Waals surface area contributed by atoms with E-state index in [0.717, 1.165) is 6.08 Å². The smallest absolute Gasteiger partial charge is 0.243 e. The molecular formula is C12H24N2O3. The van der Waals surface area contributed by atoms with Gasteiger partial charge >= 0.3 is 0 Å². The number of hydrogen-bond donors (Lipinski definition) is 2. The van der Waals surface area contributed by atoms with Crippen LogP contribution in [0.2, 0.25) is 0 Å². The van der Waals surface area contributed by atoms with Crippen molar-refractivity contribution in [3.8, 4) is 0 Å². The molecule has 5 heteroatoms. The molecule has 2 amide bonds. The molecule has 0 bridgehead atoms. The van der Waals surface area contributed by atoms with Gasteiger partial charge in [0.25, 0.3) is 0 Å². The number of hydrogen-bond acceptors (Lipinski definition) is 3. The molecule has 0 aromatic rings. The minimum Gasteiger partial charge on any atom is -0.348 e. The van der Waals surface area contributed by atoms with Gasteiger partial charge in [-0.25, -0.2) is 0 Å². The summed E-state index contributed by atoms with van der Waals surface area (Å²) in [7, 11) is 0. The maximum absolute atomic E-state index is 10.9. The standard InChI is InChI=1S/C8H12N2O3.2C2H6/c1-3-7(12)10-5-8(13)9-4-6(2)11;2*1-2/h3H,1,4-5H2,2H3,(H,9,13)(H,10,12);2*1-2H3. The Morgan fingerprint density at radius 3 is 1.82 bits per heavy atom. The Bertz CT molecular complexity index is 238. The van der Waals surface area contributed by atoms with Crippen molar-refractivity contribution in [1.82, 2.24) is 10.6 Å². The highest BCUT2D eigenvalue weighted by atomic mass is 16.2. The number of Topliss-reactive ketones (excluding diaryl/α,β-unsaturated/α-hetero) is 1. The van der Waals surface area contributed by atoms with Crippen LogP contribution in [0.15, 0.2) is 12.7 Å². The lowest BCUT2D eigenvalue weighted by atomic mass is 10.4. The molecule has 5 nitrogen and oxygen atoms in total. The molecule has 0 unspecified atom stereocenters. The maximum Gasteiger partial charge on any atom is 0.243 e. The SMILES string of the molecule is C=CC(=O)NCC(=O)NCC(C)=O.CC.CC. The van der Waals surface area contributed by atoms with E-state index >= 15 is 0 Å². The molecule has 0 aromatic heterocycles. The van der Waals surface area contributed by atoms with Gasteiger partial charge in [0, 0.05) is 0 Å². The van der Waals surface area contributed by atoms with Crippen molar-refractivity contribution in [1.29, 1.82) is 0 Å². The summed E-state index contributed by atoms with van der Waals surface area (Å²) >= 11 is 0. The number of carbonyl (C=O) groups is 3. The van der Waals surface area contributed by atoms with Gasteiger partial charge in [-0.15, -0.1) is 0 Å². The van der Waals surface area contributed by atoms with Gasteiger partial charge in [-0.05, 0) is 13.0 Å². The summed E-state index contributed by atoms with van der Waals surface area (Å²) in [5.41, 5.74) is 0. The Morgan fingerprint density at radius 1 is 1.00 bits per heavy atom. The minimum atomic E-state index is -0.419. The predicted molar refractivity (Wildman–Crippen MR) is 69.6 cm³/mol. The van der Waals surface area contributed by atoms with E-state index in [9.17, 15) is 14.4 Å². The van der Waals surface area contributed by atoms with Crippen LogP contribution in [0, 0.1) is 0 Å². The second kappa shape index (κ2) is 16.8. The predicted octanol–water partition coefficient (Wildman–Crippen LogP) is 1.05. The second-order valence-corrected chi connectivity index (χ2v) is 2.40. The molecule has 0 aromatic carbocycles. The average molecular weight is 244 g/mol. The van der Waals surface area contributed by atoms with E-state index in [1.165, 1.54) is 6.92 Å². The topological polar surface area (TPSA) is 75.3 Å². The lowest BCUT2D eigenvalue weighted by Gasteiger charge is -2.02. The van der Waals surface area contributed by atoms with Crippen LogP contribution in [-0.2, 0) is 14.4 Å². The molecule has 0 aliphatic heterocycles. The fourth-order valence-electron chi connectivity index (χ4n) is 0.525. The molecule has 0 heterocycles. The lowest BCUT2D eigenvalue weighted by Crippen LogP contribution is -2.38. The molecule has 0 spiro atoms. The van der Waals surface area contributed by atoms with Gasteiger partial charge in [0.2, 0.25) is 11.8 Å². The number of nitrogens with one attached hydrogen (secondary N) is 2. The van der Waals surface area contributed by atoms with E-state index in [1.54, 1.807) is 0 Å². The van der Waals surface area contributed by atoms with E-state index in [4.69, 9.17) is 0 Å². The van der Waals surface area contributed by atoms with Crippen molar-refractivity contribution >= 4 is 17.6 Å². The van der Waals surface area contributed by atoms with E-state index < -0.39 is 11.8 Å². The molecule has 17 heavy (non-hydrogen) atoms. The quantitative estimate of drug-likeness (QED) is 0.710.